The maximum absolute atomic E-state index is 15.2. The molecule has 0 spiro atoms. The Labute approximate surface area is 280 Å². The number of nitrogens with one attached hydrogen (secondary N) is 1. The number of benzene rings is 3. The number of hydrogen-bond acceptors (Lipinski definition) is 8. The Morgan fingerprint density at radius 1 is 0.872 bits per heavy atom. The predicted octanol–water partition coefficient (Wildman–Crippen LogP) is 5.33. The van der Waals surface area contributed by atoms with Crippen molar-refractivity contribution in [2.75, 3.05) is 26.7 Å². The highest BCUT2D eigenvalue weighted by Gasteiger charge is 2.70. The predicted molar refractivity (Wildman–Crippen MR) is 173 cm³/mol. The number of likely N-dealkylation sites (tertiary alicyclic amines) is 1. The standard InChI is InChI=1S/C35H31Cl2N3O7/c1-39-31(42)23-12-11-21-24(29(23)33(39)44)16-25-32(43)40(38-27-13-6-18(36)14-26(27)37)34(45)35(25,17-4-7-19(46-2)8-5-17)30(21)22-10-9-20(47-3)15-28(22)41/h4-11,13-15,23-25,29-30,38,41H,12,16H2,1-3H3/t23-,24+,25-,29-,30+,35+/m0/s1. The summed E-state index contributed by atoms with van der Waals surface area (Å²) in [5.41, 5.74) is 3.31. The maximum atomic E-state index is 15.2. The maximum Gasteiger partial charge on any atom is 0.260 e. The Morgan fingerprint density at radius 3 is 2.23 bits per heavy atom. The summed E-state index contributed by atoms with van der Waals surface area (Å²) in [4.78, 5) is 57.8. The zero-order chi connectivity index (χ0) is 33.4. The first-order valence-electron chi connectivity index (χ1n) is 15.2. The van der Waals surface area contributed by atoms with Crippen LogP contribution >= 0.6 is 23.2 Å². The first-order chi connectivity index (χ1) is 22.5. The molecule has 4 amide bonds. The molecule has 0 bridgehead atoms. The molecule has 4 aliphatic rings. The zero-order valence-corrected chi connectivity index (χ0v) is 27.2. The molecule has 3 aromatic rings. The van der Waals surface area contributed by atoms with Crippen LogP contribution in [-0.4, -0.2) is 59.9 Å². The molecule has 12 heteroatoms. The summed E-state index contributed by atoms with van der Waals surface area (Å²) < 4.78 is 10.8. The molecule has 2 aliphatic carbocycles. The number of carbonyl (C=O) groups is 4. The van der Waals surface area contributed by atoms with E-state index in [9.17, 15) is 19.5 Å². The van der Waals surface area contributed by atoms with Gasteiger partial charge in [0, 0.05) is 29.6 Å². The van der Waals surface area contributed by atoms with E-state index in [0.29, 0.717) is 33.3 Å². The minimum Gasteiger partial charge on any atom is -0.508 e. The summed E-state index contributed by atoms with van der Waals surface area (Å²) in [6.45, 7) is 0. The molecule has 6 atom stereocenters. The Hall–Kier alpha value is -4.54. The number of allylic oxidation sites excluding steroid dienone is 2. The van der Waals surface area contributed by atoms with Crippen molar-refractivity contribution in [3.05, 3.63) is 93.5 Å². The number of imide groups is 2. The normalized spacial score (nSPS) is 28.1. The molecule has 47 heavy (non-hydrogen) atoms. The van der Waals surface area contributed by atoms with Crippen LogP contribution in [0.4, 0.5) is 5.69 Å². The van der Waals surface area contributed by atoms with Crippen LogP contribution in [0.2, 0.25) is 10.0 Å². The molecule has 1 saturated carbocycles. The first kappa shape index (κ1) is 31.1. The highest BCUT2D eigenvalue weighted by molar-refractivity contribution is 6.36. The van der Waals surface area contributed by atoms with E-state index in [1.807, 2.05) is 6.08 Å². The number of ether oxygens (including phenoxy) is 2. The van der Waals surface area contributed by atoms with E-state index in [-0.39, 0.29) is 35.4 Å². The summed E-state index contributed by atoms with van der Waals surface area (Å²) >= 11 is 12.6. The van der Waals surface area contributed by atoms with E-state index in [4.69, 9.17) is 32.7 Å². The molecule has 2 N–H and O–H groups in total. The molecule has 0 aromatic heterocycles. The first-order valence-corrected chi connectivity index (χ1v) is 15.9. The number of phenols is 1. The third-order valence-corrected chi connectivity index (χ3v) is 10.9. The van der Waals surface area contributed by atoms with Gasteiger partial charge in [0.1, 0.15) is 17.2 Å². The number of anilines is 1. The number of phenolic OH excluding ortho intramolecular Hbond substituents is 1. The molecule has 2 saturated heterocycles. The van der Waals surface area contributed by atoms with Gasteiger partial charge in [0.2, 0.25) is 11.8 Å². The van der Waals surface area contributed by atoms with Gasteiger partial charge < -0.3 is 14.6 Å². The fourth-order valence-electron chi connectivity index (χ4n) is 8.24. The van der Waals surface area contributed by atoms with Crippen molar-refractivity contribution in [2.24, 2.45) is 23.7 Å². The van der Waals surface area contributed by atoms with E-state index in [2.05, 4.69) is 5.43 Å². The Kier molecular flexibility index (Phi) is 7.48. The van der Waals surface area contributed by atoms with Crippen LogP contribution in [0.1, 0.15) is 29.9 Å². The van der Waals surface area contributed by atoms with Gasteiger partial charge in [-0.2, -0.15) is 5.01 Å². The van der Waals surface area contributed by atoms with Crippen molar-refractivity contribution in [1.29, 1.82) is 0 Å². The van der Waals surface area contributed by atoms with Crippen LogP contribution < -0.4 is 14.9 Å². The van der Waals surface area contributed by atoms with Crippen molar-refractivity contribution < 1.29 is 33.8 Å². The molecular formula is C35H31Cl2N3O7. The molecule has 2 heterocycles. The van der Waals surface area contributed by atoms with Gasteiger partial charge in [-0.15, -0.1) is 0 Å². The van der Waals surface area contributed by atoms with Crippen molar-refractivity contribution >= 4 is 52.5 Å². The molecule has 3 aromatic carbocycles. The second kappa shape index (κ2) is 11.3. The minimum atomic E-state index is -1.58. The van der Waals surface area contributed by atoms with Gasteiger partial charge in [0.15, 0.2) is 0 Å². The van der Waals surface area contributed by atoms with Crippen LogP contribution in [-0.2, 0) is 24.6 Å². The van der Waals surface area contributed by atoms with Gasteiger partial charge in [-0.05, 0) is 60.7 Å². The molecule has 3 fully saturated rings. The molecular weight excluding hydrogens is 645 g/mol. The average Bonchev–Trinajstić information content (AvgIpc) is 3.42. The van der Waals surface area contributed by atoms with E-state index >= 15 is 4.79 Å². The number of hydrogen-bond donors (Lipinski definition) is 2. The summed E-state index contributed by atoms with van der Waals surface area (Å²) in [7, 11) is 4.49. The number of nitrogens with zero attached hydrogens (tertiary/aromatic N) is 2. The largest absolute Gasteiger partial charge is 0.508 e. The van der Waals surface area contributed by atoms with E-state index in [0.717, 1.165) is 15.5 Å². The van der Waals surface area contributed by atoms with Gasteiger partial charge in [0.05, 0.1) is 48.1 Å². The van der Waals surface area contributed by atoms with Gasteiger partial charge in [-0.3, -0.25) is 29.5 Å². The molecule has 242 valence electrons. The average molecular weight is 677 g/mol. The molecule has 10 nitrogen and oxygen atoms in total. The summed E-state index contributed by atoms with van der Waals surface area (Å²) in [5, 5.41) is 13.1. The monoisotopic (exact) mass is 675 g/mol. The van der Waals surface area contributed by atoms with Crippen molar-refractivity contribution in [3.63, 3.8) is 0 Å². The smallest absolute Gasteiger partial charge is 0.260 e. The van der Waals surface area contributed by atoms with Crippen LogP contribution in [0.25, 0.3) is 0 Å². The fourth-order valence-corrected chi connectivity index (χ4v) is 8.69. The van der Waals surface area contributed by atoms with Gasteiger partial charge in [-0.25, -0.2) is 0 Å². The van der Waals surface area contributed by atoms with E-state index < -0.39 is 46.8 Å². The van der Waals surface area contributed by atoms with Crippen LogP contribution in [0, 0.1) is 23.7 Å². The van der Waals surface area contributed by atoms with Crippen LogP contribution in [0.5, 0.6) is 17.2 Å². The Bertz CT molecular complexity index is 1880. The highest BCUT2D eigenvalue weighted by Crippen LogP contribution is 2.65. The lowest BCUT2D eigenvalue weighted by molar-refractivity contribution is -0.140. The quantitative estimate of drug-likeness (QED) is 0.265. The second-order valence-electron chi connectivity index (χ2n) is 12.4. The molecule has 0 radical (unpaired) electrons. The lowest BCUT2D eigenvalue weighted by Crippen LogP contribution is -2.53. The zero-order valence-electron chi connectivity index (χ0n) is 25.7. The summed E-state index contributed by atoms with van der Waals surface area (Å²) in [6, 6.07) is 16.5. The second-order valence-corrected chi connectivity index (χ2v) is 13.2. The number of methoxy groups -OCH3 is 2. The van der Waals surface area contributed by atoms with E-state index in [1.54, 1.807) is 48.5 Å². The lowest BCUT2D eigenvalue weighted by atomic mass is 9.49. The third kappa shape index (κ3) is 4.45. The number of rotatable bonds is 6. The third-order valence-electron chi connectivity index (χ3n) is 10.3. The van der Waals surface area contributed by atoms with Crippen LogP contribution in [0.3, 0.4) is 0 Å². The number of hydrazine groups is 1. The van der Waals surface area contributed by atoms with Gasteiger partial charge in [0.25, 0.3) is 11.8 Å². The number of carbonyl (C=O) groups excluding carboxylic acids is 4. The summed E-state index contributed by atoms with van der Waals surface area (Å²) in [6.07, 6.45) is 2.33. The molecule has 7 rings (SSSR count). The van der Waals surface area contributed by atoms with Crippen LogP contribution in [0.15, 0.2) is 72.3 Å². The Balaban J connectivity index is 1.49. The SMILES string of the molecule is COc1ccc([C@@]23C(=O)N(Nc4ccc(Cl)cc4Cl)C(=O)[C@@H]2C[C@@H]2C(=CC[C@@H]4C(=O)N(C)C(=O)[C@@H]42)[C@@H]3c2ccc(OC)cc2O)cc1. The number of halogens is 2. The lowest BCUT2D eigenvalue weighted by Gasteiger charge is -2.50. The number of amides is 4. The van der Waals surface area contributed by atoms with Crippen molar-refractivity contribution in [3.8, 4) is 17.2 Å². The molecule has 0 unspecified atom stereocenters. The molecule has 2 aliphatic heterocycles. The number of fused-ring (bicyclic) bond motifs is 4. The van der Waals surface area contributed by atoms with E-state index in [1.165, 1.54) is 33.4 Å². The van der Waals surface area contributed by atoms with Crippen molar-refractivity contribution in [2.45, 2.75) is 24.2 Å². The number of aromatic hydroxyl groups is 1. The minimum absolute atomic E-state index is 0.121. The van der Waals surface area contributed by atoms with Gasteiger partial charge >= 0.3 is 0 Å². The highest BCUT2D eigenvalue weighted by atomic mass is 35.5. The summed E-state index contributed by atoms with van der Waals surface area (Å²) in [5.74, 6) is -4.57. The fraction of sp³-hybridized carbons (Fsp3) is 0.314. The topological polar surface area (TPSA) is 125 Å². The van der Waals surface area contributed by atoms with Crippen molar-refractivity contribution in [1.82, 2.24) is 9.91 Å². The van der Waals surface area contributed by atoms with Gasteiger partial charge in [-0.1, -0.05) is 53.1 Å². The Morgan fingerprint density at radius 2 is 1.57 bits per heavy atom.